The van der Waals surface area contributed by atoms with Crippen LogP contribution in [0.5, 0.6) is 0 Å². The van der Waals surface area contributed by atoms with Gasteiger partial charge in [0.1, 0.15) is 18.3 Å². The van der Waals surface area contributed by atoms with E-state index in [9.17, 15) is 9.59 Å². The lowest BCUT2D eigenvalue weighted by Crippen LogP contribution is -2.41. The number of hydrogen-bond acceptors (Lipinski definition) is 4. The molecular weight excluding hydrogens is 282 g/mol. The van der Waals surface area contributed by atoms with Crippen molar-refractivity contribution in [2.24, 2.45) is 7.05 Å². The molecule has 1 aliphatic rings. The number of aryl methyl sites for hydroxylation is 1. The first kappa shape index (κ1) is 14.7. The van der Waals surface area contributed by atoms with Gasteiger partial charge in [-0.05, 0) is 12.8 Å². The number of rotatable bonds is 3. The molecule has 0 saturated heterocycles. The Kier molecular flexibility index (Phi) is 3.96. The van der Waals surface area contributed by atoms with Gasteiger partial charge in [0.15, 0.2) is 5.65 Å². The zero-order valence-electron chi connectivity index (χ0n) is 13.0. The zero-order chi connectivity index (χ0) is 15.7. The molecule has 0 radical (unpaired) electrons. The van der Waals surface area contributed by atoms with Crippen molar-refractivity contribution in [1.82, 2.24) is 24.2 Å². The summed E-state index contributed by atoms with van der Waals surface area (Å²) in [5.74, 6) is -0.0426. The highest BCUT2D eigenvalue weighted by Gasteiger charge is 2.22. The highest BCUT2D eigenvalue weighted by atomic mass is 16.2. The molecule has 2 heterocycles. The molecule has 2 aromatic heterocycles. The Morgan fingerprint density at radius 2 is 2.09 bits per heavy atom. The van der Waals surface area contributed by atoms with Gasteiger partial charge in [0, 0.05) is 20.1 Å². The first-order valence-electron chi connectivity index (χ1n) is 7.70. The summed E-state index contributed by atoms with van der Waals surface area (Å²) in [6, 6.07) is 0.298. The van der Waals surface area contributed by atoms with Crippen LogP contribution in [0.3, 0.4) is 0 Å². The van der Waals surface area contributed by atoms with E-state index in [2.05, 4.69) is 10.1 Å². The lowest BCUT2D eigenvalue weighted by Gasteiger charge is -2.31. The maximum atomic E-state index is 12.4. The molecule has 0 aliphatic heterocycles. The van der Waals surface area contributed by atoms with Crippen molar-refractivity contribution in [3.05, 3.63) is 22.9 Å². The van der Waals surface area contributed by atoms with E-state index in [1.165, 1.54) is 36.4 Å². The average Bonchev–Trinajstić information content (AvgIpc) is 2.92. The molecule has 1 fully saturated rings. The summed E-state index contributed by atoms with van der Waals surface area (Å²) in [7, 11) is 3.57. The summed E-state index contributed by atoms with van der Waals surface area (Å²) in [5, 5.41) is 4.47. The Morgan fingerprint density at radius 1 is 1.36 bits per heavy atom. The van der Waals surface area contributed by atoms with Crippen molar-refractivity contribution in [2.45, 2.75) is 44.7 Å². The number of aromatic nitrogens is 4. The lowest BCUT2D eigenvalue weighted by molar-refractivity contribution is -0.133. The van der Waals surface area contributed by atoms with E-state index in [0.29, 0.717) is 17.1 Å². The SMILES string of the molecule is CN(C(=O)Cn1cnc2c(cnn2C)c1=O)C1CCCCC1. The van der Waals surface area contributed by atoms with Gasteiger partial charge in [-0.15, -0.1) is 0 Å². The average molecular weight is 303 g/mol. The van der Waals surface area contributed by atoms with E-state index >= 15 is 0 Å². The second-order valence-corrected chi connectivity index (χ2v) is 5.98. The van der Waals surface area contributed by atoms with Crippen LogP contribution in [0, 0.1) is 0 Å². The van der Waals surface area contributed by atoms with Crippen molar-refractivity contribution >= 4 is 16.9 Å². The molecule has 1 saturated carbocycles. The number of nitrogens with zero attached hydrogens (tertiary/aromatic N) is 5. The number of hydrogen-bond donors (Lipinski definition) is 0. The van der Waals surface area contributed by atoms with E-state index in [1.807, 2.05) is 7.05 Å². The van der Waals surface area contributed by atoms with Crippen molar-refractivity contribution in [1.29, 1.82) is 0 Å². The second kappa shape index (κ2) is 5.90. The van der Waals surface area contributed by atoms with Crippen LogP contribution in [0.15, 0.2) is 17.3 Å². The van der Waals surface area contributed by atoms with Gasteiger partial charge in [-0.2, -0.15) is 5.10 Å². The monoisotopic (exact) mass is 303 g/mol. The van der Waals surface area contributed by atoms with Crippen molar-refractivity contribution in [3.63, 3.8) is 0 Å². The summed E-state index contributed by atoms with van der Waals surface area (Å²) in [6.07, 6.45) is 8.62. The van der Waals surface area contributed by atoms with Crippen molar-refractivity contribution in [2.75, 3.05) is 7.05 Å². The van der Waals surface area contributed by atoms with Crippen LogP contribution in [-0.2, 0) is 18.4 Å². The van der Waals surface area contributed by atoms with Crippen molar-refractivity contribution < 1.29 is 4.79 Å². The predicted octanol–water partition coefficient (Wildman–Crippen LogP) is 0.921. The van der Waals surface area contributed by atoms with E-state index in [4.69, 9.17) is 0 Å². The van der Waals surface area contributed by atoms with Crippen LogP contribution < -0.4 is 5.56 Å². The Hall–Kier alpha value is -2.18. The number of carbonyl (C=O) groups excluding carboxylic acids is 1. The fourth-order valence-corrected chi connectivity index (χ4v) is 3.11. The van der Waals surface area contributed by atoms with Gasteiger partial charge >= 0.3 is 0 Å². The highest BCUT2D eigenvalue weighted by molar-refractivity contribution is 5.77. The number of amides is 1. The Bertz CT molecular complexity index is 742. The summed E-state index contributed by atoms with van der Waals surface area (Å²) < 4.78 is 2.92. The molecule has 1 aliphatic carbocycles. The number of carbonyl (C=O) groups is 1. The van der Waals surface area contributed by atoms with E-state index in [1.54, 1.807) is 16.6 Å². The summed E-state index contributed by atoms with van der Waals surface area (Å²) >= 11 is 0. The Labute approximate surface area is 128 Å². The van der Waals surface area contributed by atoms with E-state index in [-0.39, 0.29) is 18.0 Å². The van der Waals surface area contributed by atoms with Gasteiger partial charge in [-0.25, -0.2) is 4.98 Å². The smallest absolute Gasteiger partial charge is 0.264 e. The molecule has 2 aromatic rings. The third-order valence-electron chi connectivity index (χ3n) is 4.54. The minimum absolute atomic E-state index is 0.0314. The van der Waals surface area contributed by atoms with Crippen molar-refractivity contribution in [3.8, 4) is 0 Å². The van der Waals surface area contributed by atoms with Gasteiger partial charge in [0.05, 0.1) is 6.20 Å². The first-order chi connectivity index (χ1) is 10.6. The molecule has 1 amide bonds. The Morgan fingerprint density at radius 3 is 2.82 bits per heavy atom. The largest absolute Gasteiger partial charge is 0.341 e. The van der Waals surface area contributed by atoms with E-state index in [0.717, 1.165) is 12.8 Å². The predicted molar refractivity (Wildman–Crippen MR) is 82.4 cm³/mol. The van der Waals surface area contributed by atoms with Gasteiger partial charge in [0.2, 0.25) is 5.91 Å². The molecule has 118 valence electrons. The second-order valence-electron chi connectivity index (χ2n) is 5.98. The minimum atomic E-state index is -0.219. The quantitative estimate of drug-likeness (QED) is 0.845. The molecule has 0 atom stereocenters. The topological polar surface area (TPSA) is 73.0 Å². The zero-order valence-corrected chi connectivity index (χ0v) is 13.0. The fraction of sp³-hybridized carbons (Fsp3) is 0.600. The van der Waals surface area contributed by atoms with Gasteiger partial charge < -0.3 is 4.90 Å². The van der Waals surface area contributed by atoms with E-state index < -0.39 is 0 Å². The third kappa shape index (κ3) is 2.63. The van der Waals surface area contributed by atoms with Gasteiger partial charge in [0.25, 0.3) is 5.56 Å². The third-order valence-corrected chi connectivity index (χ3v) is 4.54. The van der Waals surface area contributed by atoms with Crippen LogP contribution in [0.25, 0.3) is 11.0 Å². The maximum Gasteiger partial charge on any atom is 0.264 e. The summed E-state index contributed by atoms with van der Waals surface area (Å²) in [5.41, 5.74) is 0.317. The minimum Gasteiger partial charge on any atom is -0.341 e. The maximum absolute atomic E-state index is 12.4. The molecule has 22 heavy (non-hydrogen) atoms. The number of likely N-dealkylation sites (N-methyl/N-ethyl adjacent to an activating group) is 1. The molecule has 7 heteroatoms. The molecule has 0 N–H and O–H groups in total. The van der Waals surface area contributed by atoms with Crippen LogP contribution in [0.4, 0.5) is 0 Å². The molecule has 7 nitrogen and oxygen atoms in total. The molecular formula is C15H21N5O2. The Balaban J connectivity index is 1.79. The van der Waals surface area contributed by atoms with Gasteiger partial charge in [-0.3, -0.25) is 18.8 Å². The van der Waals surface area contributed by atoms with Crippen LogP contribution >= 0.6 is 0 Å². The molecule has 0 spiro atoms. The van der Waals surface area contributed by atoms with Gasteiger partial charge in [-0.1, -0.05) is 19.3 Å². The molecule has 0 unspecified atom stereocenters. The molecule has 0 bridgehead atoms. The number of fused-ring (bicyclic) bond motifs is 1. The fourth-order valence-electron chi connectivity index (χ4n) is 3.11. The summed E-state index contributed by atoms with van der Waals surface area (Å²) in [6.45, 7) is 0.0314. The van der Waals surface area contributed by atoms with Crippen LogP contribution in [-0.4, -0.2) is 43.2 Å². The van der Waals surface area contributed by atoms with Crippen LogP contribution in [0.2, 0.25) is 0 Å². The van der Waals surface area contributed by atoms with Crippen LogP contribution in [0.1, 0.15) is 32.1 Å². The normalized spacial score (nSPS) is 16.1. The lowest BCUT2D eigenvalue weighted by atomic mass is 9.94. The highest BCUT2D eigenvalue weighted by Crippen LogP contribution is 2.21. The molecule has 0 aromatic carbocycles. The summed E-state index contributed by atoms with van der Waals surface area (Å²) in [4.78, 5) is 30.8. The molecule has 3 rings (SSSR count). The standard InChI is InChI=1S/C15H21N5O2/c1-18(11-6-4-3-5-7-11)13(21)9-20-10-16-14-12(15(20)22)8-17-19(14)2/h8,10-11H,3-7,9H2,1-2H3. The first-order valence-corrected chi connectivity index (χ1v) is 7.70.